The highest BCUT2D eigenvalue weighted by Gasteiger charge is 2.00. The minimum absolute atomic E-state index is 0.00989. The lowest BCUT2D eigenvalue weighted by Gasteiger charge is -2.12. The number of anilines is 1. The van der Waals surface area contributed by atoms with Gasteiger partial charge in [-0.1, -0.05) is 11.6 Å². The molecule has 3 N–H and O–H groups in total. The van der Waals surface area contributed by atoms with Crippen molar-refractivity contribution >= 4 is 17.3 Å². The molecule has 0 aliphatic heterocycles. The van der Waals surface area contributed by atoms with Gasteiger partial charge in [-0.3, -0.25) is 0 Å². The maximum Gasteiger partial charge on any atom is 0.0630 e. The fourth-order valence-electron chi connectivity index (χ4n) is 1.09. The molecule has 0 aliphatic carbocycles. The van der Waals surface area contributed by atoms with Crippen LogP contribution in [0.15, 0.2) is 24.3 Å². The van der Waals surface area contributed by atoms with Gasteiger partial charge in [0.15, 0.2) is 0 Å². The quantitative estimate of drug-likeness (QED) is 0.785. The molecule has 0 aromatic heterocycles. The molecule has 4 heteroatoms. The van der Waals surface area contributed by atoms with E-state index in [-0.39, 0.29) is 6.04 Å². The van der Waals surface area contributed by atoms with Crippen molar-refractivity contribution in [2.75, 3.05) is 25.6 Å². The Morgan fingerprint density at radius 1 is 1.43 bits per heavy atom. The summed E-state index contributed by atoms with van der Waals surface area (Å²) in [4.78, 5) is 0. The monoisotopic (exact) mass is 214 g/mol. The summed E-state index contributed by atoms with van der Waals surface area (Å²) in [6, 6.07) is 7.52. The van der Waals surface area contributed by atoms with Crippen molar-refractivity contribution in [3.63, 3.8) is 0 Å². The number of nitrogens with one attached hydrogen (secondary N) is 1. The van der Waals surface area contributed by atoms with Crippen LogP contribution in [0.5, 0.6) is 0 Å². The van der Waals surface area contributed by atoms with Gasteiger partial charge in [-0.05, 0) is 24.3 Å². The number of nitrogens with two attached hydrogens (primary N) is 1. The average molecular weight is 215 g/mol. The minimum Gasteiger partial charge on any atom is -0.383 e. The van der Waals surface area contributed by atoms with E-state index in [4.69, 9.17) is 22.1 Å². The molecular formula is C10H15ClN2O. The zero-order valence-corrected chi connectivity index (χ0v) is 8.92. The lowest BCUT2D eigenvalue weighted by Crippen LogP contribution is -2.33. The number of halogens is 1. The standard InChI is InChI=1S/C10H15ClN2O/c1-14-7-9(12)6-13-10-4-2-8(11)3-5-10/h2-5,9,13H,6-7,12H2,1H3/t9-/m1/s1. The Morgan fingerprint density at radius 2 is 2.07 bits per heavy atom. The van der Waals surface area contributed by atoms with Crippen LogP contribution in [-0.4, -0.2) is 26.3 Å². The van der Waals surface area contributed by atoms with E-state index in [9.17, 15) is 0 Å². The van der Waals surface area contributed by atoms with Crippen molar-refractivity contribution in [3.05, 3.63) is 29.3 Å². The molecule has 0 amide bonds. The average Bonchev–Trinajstić information content (AvgIpc) is 2.17. The molecule has 0 radical (unpaired) electrons. The highest BCUT2D eigenvalue weighted by molar-refractivity contribution is 6.30. The maximum absolute atomic E-state index is 5.75. The van der Waals surface area contributed by atoms with E-state index in [1.807, 2.05) is 24.3 Å². The van der Waals surface area contributed by atoms with Crippen LogP contribution in [0.3, 0.4) is 0 Å². The van der Waals surface area contributed by atoms with Crippen molar-refractivity contribution in [1.29, 1.82) is 0 Å². The zero-order chi connectivity index (χ0) is 10.4. The van der Waals surface area contributed by atoms with Crippen LogP contribution >= 0.6 is 11.6 Å². The van der Waals surface area contributed by atoms with Crippen molar-refractivity contribution in [3.8, 4) is 0 Å². The SMILES string of the molecule is COC[C@H](N)CNc1ccc(Cl)cc1. The summed E-state index contributed by atoms with van der Waals surface area (Å²) in [5, 5.41) is 3.93. The predicted octanol–water partition coefficient (Wildman–Crippen LogP) is 1.73. The first-order chi connectivity index (χ1) is 6.72. The second-order valence-corrected chi connectivity index (χ2v) is 3.54. The van der Waals surface area contributed by atoms with Crippen LogP contribution < -0.4 is 11.1 Å². The zero-order valence-electron chi connectivity index (χ0n) is 8.16. The summed E-state index contributed by atoms with van der Waals surface area (Å²) in [6.45, 7) is 1.25. The molecule has 1 rings (SSSR count). The van der Waals surface area contributed by atoms with Gasteiger partial charge in [0.1, 0.15) is 0 Å². The number of rotatable bonds is 5. The van der Waals surface area contributed by atoms with Crippen LogP contribution in [0, 0.1) is 0 Å². The Morgan fingerprint density at radius 3 is 2.64 bits per heavy atom. The predicted molar refractivity (Wildman–Crippen MR) is 59.8 cm³/mol. The first-order valence-electron chi connectivity index (χ1n) is 4.46. The summed E-state index contributed by atoms with van der Waals surface area (Å²) in [7, 11) is 1.64. The highest BCUT2D eigenvalue weighted by atomic mass is 35.5. The highest BCUT2D eigenvalue weighted by Crippen LogP contribution is 2.12. The second kappa shape index (κ2) is 5.86. The Kier molecular flexibility index (Phi) is 4.73. The van der Waals surface area contributed by atoms with Crippen molar-refractivity contribution in [1.82, 2.24) is 0 Å². The van der Waals surface area contributed by atoms with Gasteiger partial charge < -0.3 is 15.8 Å². The fraction of sp³-hybridized carbons (Fsp3) is 0.400. The Labute approximate surface area is 89.2 Å². The fourth-order valence-corrected chi connectivity index (χ4v) is 1.22. The van der Waals surface area contributed by atoms with E-state index in [1.165, 1.54) is 0 Å². The Balaban J connectivity index is 2.34. The number of ether oxygens (including phenoxy) is 1. The van der Waals surface area contributed by atoms with E-state index >= 15 is 0 Å². The largest absolute Gasteiger partial charge is 0.383 e. The molecule has 78 valence electrons. The molecule has 1 atom stereocenters. The Bertz CT molecular complexity index is 263. The summed E-state index contributed by atoms with van der Waals surface area (Å²) in [5.41, 5.74) is 6.76. The molecule has 0 fully saturated rings. The summed E-state index contributed by atoms with van der Waals surface area (Å²) in [5.74, 6) is 0. The molecule has 0 unspecified atom stereocenters. The van der Waals surface area contributed by atoms with Crippen LogP contribution in [-0.2, 0) is 4.74 Å². The summed E-state index contributed by atoms with van der Waals surface area (Å²) < 4.78 is 4.93. The molecule has 0 spiro atoms. The Hall–Kier alpha value is -0.770. The van der Waals surface area contributed by atoms with Gasteiger partial charge >= 0.3 is 0 Å². The number of hydrogen-bond donors (Lipinski definition) is 2. The molecule has 0 saturated carbocycles. The lowest BCUT2D eigenvalue weighted by molar-refractivity contribution is 0.183. The third-order valence-electron chi connectivity index (χ3n) is 1.79. The minimum atomic E-state index is 0.00989. The molecule has 14 heavy (non-hydrogen) atoms. The topological polar surface area (TPSA) is 47.3 Å². The van der Waals surface area contributed by atoms with Crippen molar-refractivity contribution in [2.24, 2.45) is 5.73 Å². The van der Waals surface area contributed by atoms with Gasteiger partial charge in [0, 0.05) is 30.4 Å². The number of methoxy groups -OCH3 is 1. The van der Waals surface area contributed by atoms with Gasteiger partial charge in [-0.15, -0.1) is 0 Å². The van der Waals surface area contributed by atoms with E-state index in [2.05, 4.69) is 5.32 Å². The molecule has 1 aromatic carbocycles. The maximum atomic E-state index is 5.75. The molecule has 3 nitrogen and oxygen atoms in total. The van der Waals surface area contributed by atoms with E-state index in [0.717, 1.165) is 10.7 Å². The molecule has 0 heterocycles. The van der Waals surface area contributed by atoms with E-state index < -0.39 is 0 Å². The van der Waals surface area contributed by atoms with Gasteiger partial charge in [-0.2, -0.15) is 0 Å². The van der Waals surface area contributed by atoms with Crippen molar-refractivity contribution < 1.29 is 4.74 Å². The molecule has 0 saturated heterocycles. The van der Waals surface area contributed by atoms with E-state index in [1.54, 1.807) is 7.11 Å². The molecule has 0 aliphatic rings. The normalized spacial score (nSPS) is 12.5. The van der Waals surface area contributed by atoms with E-state index in [0.29, 0.717) is 13.2 Å². The van der Waals surface area contributed by atoms with Crippen LogP contribution in [0.2, 0.25) is 5.02 Å². The summed E-state index contributed by atoms with van der Waals surface area (Å²) in [6.07, 6.45) is 0. The third-order valence-corrected chi connectivity index (χ3v) is 2.05. The second-order valence-electron chi connectivity index (χ2n) is 3.10. The molecule has 1 aromatic rings. The van der Waals surface area contributed by atoms with Gasteiger partial charge in [0.25, 0.3) is 0 Å². The molecule has 0 bridgehead atoms. The van der Waals surface area contributed by atoms with Gasteiger partial charge in [0.2, 0.25) is 0 Å². The summed E-state index contributed by atoms with van der Waals surface area (Å²) >= 11 is 5.75. The first kappa shape index (κ1) is 11.3. The molecular weight excluding hydrogens is 200 g/mol. The third kappa shape index (κ3) is 3.96. The van der Waals surface area contributed by atoms with Crippen LogP contribution in [0.25, 0.3) is 0 Å². The van der Waals surface area contributed by atoms with Crippen LogP contribution in [0.1, 0.15) is 0 Å². The lowest BCUT2D eigenvalue weighted by atomic mass is 10.3. The number of benzene rings is 1. The van der Waals surface area contributed by atoms with Crippen molar-refractivity contribution in [2.45, 2.75) is 6.04 Å². The van der Waals surface area contributed by atoms with Crippen LogP contribution in [0.4, 0.5) is 5.69 Å². The first-order valence-corrected chi connectivity index (χ1v) is 4.84. The smallest absolute Gasteiger partial charge is 0.0630 e. The van der Waals surface area contributed by atoms with Gasteiger partial charge in [0.05, 0.1) is 6.61 Å². The van der Waals surface area contributed by atoms with Gasteiger partial charge in [-0.25, -0.2) is 0 Å². The number of hydrogen-bond acceptors (Lipinski definition) is 3.